The summed E-state index contributed by atoms with van der Waals surface area (Å²) in [6.07, 6.45) is 3.49. The van der Waals surface area contributed by atoms with Gasteiger partial charge in [-0.05, 0) is 17.7 Å². The zero-order valence-electron chi connectivity index (χ0n) is 12.2. The van der Waals surface area contributed by atoms with Crippen LogP contribution in [0.4, 0.5) is 10.5 Å². The van der Waals surface area contributed by atoms with E-state index in [0.717, 1.165) is 5.56 Å². The second-order valence-corrected chi connectivity index (χ2v) is 4.60. The Morgan fingerprint density at radius 1 is 1.14 bits per heavy atom. The van der Waals surface area contributed by atoms with Crippen LogP contribution in [0.25, 0.3) is 0 Å². The van der Waals surface area contributed by atoms with Crippen molar-refractivity contribution in [3.8, 4) is 0 Å². The van der Waals surface area contributed by atoms with E-state index < -0.39 is 18.0 Å². The van der Waals surface area contributed by atoms with E-state index in [-0.39, 0.29) is 0 Å². The first-order valence-electron chi connectivity index (χ1n) is 6.78. The van der Waals surface area contributed by atoms with Crippen molar-refractivity contribution in [3.63, 3.8) is 0 Å². The second-order valence-electron chi connectivity index (χ2n) is 4.60. The van der Waals surface area contributed by atoms with Gasteiger partial charge in [-0.1, -0.05) is 30.3 Å². The Bertz CT molecular complexity index is 617. The Kier molecular flexibility index (Phi) is 5.48. The maximum atomic E-state index is 12.0. The van der Waals surface area contributed by atoms with Gasteiger partial charge in [-0.3, -0.25) is 4.98 Å². The number of amides is 2. The maximum Gasteiger partial charge on any atom is 0.328 e. The number of nitrogens with zero attached hydrogens (tertiary/aromatic N) is 1. The van der Waals surface area contributed by atoms with Crippen molar-refractivity contribution < 1.29 is 14.3 Å². The molecule has 0 fully saturated rings. The number of methoxy groups -OCH3 is 1. The van der Waals surface area contributed by atoms with Crippen molar-refractivity contribution in [1.29, 1.82) is 0 Å². The van der Waals surface area contributed by atoms with E-state index in [2.05, 4.69) is 15.6 Å². The molecule has 0 spiro atoms. The van der Waals surface area contributed by atoms with Crippen LogP contribution in [0, 0.1) is 0 Å². The first-order valence-corrected chi connectivity index (χ1v) is 6.78. The minimum Gasteiger partial charge on any atom is -0.467 e. The minimum absolute atomic E-state index is 0.358. The van der Waals surface area contributed by atoms with Crippen LogP contribution in [-0.2, 0) is 16.0 Å². The van der Waals surface area contributed by atoms with Gasteiger partial charge >= 0.3 is 12.0 Å². The fourth-order valence-corrected chi connectivity index (χ4v) is 1.95. The molecule has 0 saturated heterocycles. The van der Waals surface area contributed by atoms with E-state index in [1.807, 2.05) is 30.3 Å². The summed E-state index contributed by atoms with van der Waals surface area (Å²) >= 11 is 0. The van der Waals surface area contributed by atoms with E-state index in [9.17, 15) is 9.59 Å². The van der Waals surface area contributed by atoms with Crippen LogP contribution in [0.2, 0.25) is 0 Å². The molecule has 1 atom stereocenters. The third-order valence-corrected chi connectivity index (χ3v) is 3.01. The molecule has 0 unspecified atom stereocenters. The summed E-state index contributed by atoms with van der Waals surface area (Å²) in [4.78, 5) is 27.7. The number of ether oxygens (including phenoxy) is 1. The minimum atomic E-state index is -0.755. The number of esters is 1. The van der Waals surface area contributed by atoms with E-state index in [1.54, 1.807) is 24.5 Å². The Labute approximate surface area is 128 Å². The molecular formula is C16H17N3O3. The van der Waals surface area contributed by atoms with Gasteiger partial charge in [0.2, 0.25) is 0 Å². The summed E-state index contributed by atoms with van der Waals surface area (Å²) in [5.41, 5.74) is 1.53. The number of hydrogen-bond donors (Lipinski definition) is 2. The Hall–Kier alpha value is -2.89. The number of pyridine rings is 1. The lowest BCUT2D eigenvalue weighted by Crippen LogP contribution is -2.45. The molecule has 1 aromatic carbocycles. The molecule has 2 aromatic rings. The summed E-state index contributed by atoms with van der Waals surface area (Å²) < 4.78 is 4.74. The number of anilines is 1. The van der Waals surface area contributed by atoms with Crippen LogP contribution in [0.5, 0.6) is 0 Å². The predicted molar refractivity (Wildman–Crippen MR) is 82.3 cm³/mol. The van der Waals surface area contributed by atoms with Crippen molar-refractivity contribution in [2.75, 3.05) is 12.4 Å². The lowest BCUT2D eigenvalue weighted by Gasteiger charge is -2.17. The van der Waals surface area contributed by atoms with E-state index in [1.165, 1.54) is 7.11 Å². The fraction of sp³-hybridized carbons (Fsp3) is 0.188. The highest BCUT2D eigenvalue weighted by Crippen LogP contribution is 2.06. The van der Waals surface area contributed by atoms with E-state index in [4.69, 9.17) is 4.74 Å². The summed E-state index contributed by atoms with van der Waals surface area (Å²) in [5, 5.41) is 5.26. The van der Waals surface area contributed by atoms with Crippen molar-refractivity contribution in [1.82, 2.24) is 10.3 Å². The average Bonchev–Trinajstić information content (AvgIpc) is 2.55. The van der Waals surface area contributed by atoms with Gasteiger partial charge in [0, 0.05) is 24.5 Å². The van der Waals surface area contributed by atoms with Gasteiger partial charge in [-0.2, -0.15) is 0 Å². The highest BCUT2D eigenvalue weighted by molar-refractivity contribution is 5.92. The number of urea groups is 1. The molecule has 114 valence electrons. The number of rotatable bonds is 5. The van der Waals surface area contributed by atoms with Gasteiger partial charge in [0.1, 0.15) is 6.04 Å². The number of carbonyl (C=O) groups excluding carboxylic acids is 2. The van der Waals surface area contributed by atoms with Gasteiger partial charge in [-0.25, -0.2) is 9.59 Å². The summed E-state index contributed by atoms with van der Waals surface area (Å²) in [5.74, 6) is -0.492. The molecule has 6 heteroatoms. The van der Waals surface area contributed by atoms with Gasteiger partial charge < -0.3 is 15.4 Å². The second kappa shape index (κ2) is 7.78. The van der Waals surface area contributed by atoms with E-state index in [0.29, 0.717) is 12.1 Å². The zero-order valence-corrected chi connectivity index (χ0v) is 12.2. The number of nitrogens with one attached hydrogen (secondary N) is 2. The first kappa shape index (κ1) is 15.5. The molecule has 0 aliphatic heterocycles. The molecule has 2 rings (SSSR count). The van der Waals surface area contributed by atoms with Gasteiger partial charge in [-0.15, -0.1) is 0 Å². The molecule has 0 saturated carbocycles. The lowest BCUT2D eigenvalue weighted by molar-refractivity contribution is -0.142. The summed E-state index contributed by atoms with van der Waals surface area (Å²) in [6, 6.07) is 11.5. The topological polar surface area (TPSA) is 80.3 Å². The normalized spacial score (nSPS) is 11.3. The first-order chi connectivity index (χ1) is 10.7. The quantitative estimate of drug-likeness (QED) is 0.827. The van der Waals surface area contributed by atoms with Crippen molar-refractivity contribution in [2.45, 2.75) is 12.5 Å². The Balaban J connectivity index is 2.00. The molecule has 22 heavy (non-hydrogen) atoms. The van der Waals surface area contributed by atoms with Crippen LogP contribution < -0.4 is 10.6 Å². The number of aromatic nitrogens is 1. The van der Waals surface area contributed by atoms with Crippen molar-refractivity contribution >= 4 is 17.7 Å². The molecule has 0 bridgehead atoms. The van der Waals surface area contributed by atoms with Gasteiger partial charge in [0.25, 0.3) is 0 Å². The smallest absolute Gasteiger partial charge is 0.328 e. The lowest BCUT2D eigenvalue weighted by atomic mass is 10.1. The van der Waals surface area contributed by atoms with Crippen molar-refractivity contribution in [2.24, 2.45) is 0 Å². The van der Waals surface area contributed by atoms with Gasteiger partial charge in [0.15, 0.2) is 0 Å². The molecule has 2 N–H and O–H groups in total. The molecule has 0 aliphatic carbocycles. The largest absolute Gasteiger partial charge is 0.467 e. The Morgan fingerprint density at radius 3 is 2.45 bits per heavy atom. The molecule has 2 amide bonds. The zero-order chi connectivity index (χ0) is 15.8. The molecule has 1 aromatic heterocycles. The number of carbonyl (C=O) groups is 2. The predicted octanol–water partition coefficient (Wildman–Crippen LogP) is 1.99. The Morgan fingerprint density at radius 2 is 1.82 bits per heavy atom. The highest BCUT2D eigenvalue weighted by Gasteiger charge is 2.21. The van der Waals surface area contributed by atoms with Crippen LogP contribution in [0.15, 0.2) is 54.9 Å². The van der Waals surface area contributed by atoms with Gasteiger partial charge in [0.05, 0.1) is 7.11 Å². The summed E-state index contributed by atoms with van der Waals surface area (Å²) in [7, 11) is 1.29. The van der Waals surface area contributed by atoms with E-state index >= 15 is 0 Å². The molecule has 1 heterocycles. The monoisotopic (exact) mass is 299 g/mol. The van der Waals surface area contributed by atoms with Crippen molar-refractivity contribution in [3.05, 3.63) is 60.4 Å². The van der Waals surface area contributed by atoms with Crippen LogP contribution in [0.1, 0.15) is 5.56 Å². The maximum absolute atomic E-state index is 12.0. The standard InChI is InChI=1S/C16H17N3O3/c1-22-15(20)14(11-12-5-3-2-4-6-12)19-16(21)18-13-7-9-17-10-8-13/h2-10,14H,11H2,1H3,(H2,17,18,19,21)/t14-/m0/s1. The fourth-order valence-electron chi connectivity index (χ4n) is 1.95. The molecular weight excluding hydrogens is 282 g/mol. The average molecular weight is 299 g/mol. The van der Waals surface area contributed by atoms with Crippen LogP contribution in [-0.4, -0.2) is 30.1 Å². The van der Waals surface area contributed by atoms with Crippen LogP contribution >= 0.6 is 0 Å². The summed E-state index contributed by atoms with van der Waals surface area (Å²) in [6.45, 7) is 0. The SMILES string of the molecule is COC(=O)[C@H](Cc1ccccc1)NC(=O)Nc1ccncc1. The highest BCUT2D eigenvalue weighted by atomic mass is 16.5. The van der Waals surface area contributed by atoms with Crippen LogP contribution in [0.3, 0.4) is 0 Å². The third kappa shape index (κ3) is 4.59. The molecule has 0 aliphatic rings. The third-order valence-electron chi connectivity index (χ3n) is 3.01. The number of benzene rings is 1. The molecule has 0 radical (unpaired) electrons. The number of hydrogen-bond acceptors (Lipinski definition) is 4. The molecule has 6 nitrogen and oxygen atoms in total.